The van der Waals surface area contributed by atoms with Gasteiger partial charge in [0.2, 0.25) is 5.91 Å². The minimum absolute atomic E-state index is 0.0486. The molecular weight excluding hydrogens is 310 g/mol. The zero-order valence-electron chi connectivity index (χ0n) is 13.2. The van der Waals surface area contributed by atoms with Crippen molar-refractivity contribution in [3.63, 3.8) is 0 Å². The molecule has 7 nitrogen and oxygen atoms in total. The van der Waals surface area contributed by atoms with Crippen LogP contribution >= 0.6 is 0 Å². The van der Waals surface area contributed by atoms with Crippen LogP contribution < -0.4 is 10.7 Å². The highest BCUT2D eigenvalue weighted by atomic mass is 16.5. The fourth-order valence-corrected chi connectivity index (χ4v) is 2.98. The van der Waals surface area contributed by atoms with Crippen molar-refractivity contribution >= 4 is 23.5 Å². The van der Waals surface area contributed by atoms with Crippen molar-refractivity contribution in [1.29, 1.82) is 0 Å². The van der Waals surface area contributed by atoms with Gasteiger partial charge in [-0.3, -0.25) is 9.59 Å². The van der Waals surface area contributed by atoms with E-state index in [1.54, 1.807) is 0 Å². The molecule has 0 radical (unpaired) electrons. The van der Waals surface area contributed by atoms with E-state index in [1.165, 1.54) is 5.56 Å². The van der Waals surface area contributed by atoms with Gasteiger partial charge in [-0.25, -0.2) is 10.2 Å². The third kappa shape index (κ3) is 3.79. The van der Waals surface area contributed by atoms with Crippen LogP contribution in [0.15, 0.2) is 29.4 Å². The summed E-state index contributed by atoms with van der Waals surface area (Å²) < 4.78 is 4.97. The Hall–Kier alpha value is -2.70. The van der Waals surface area contributed by atoms with Gasteiger partial charge >= 0.3 is 5.97 Å². The smallest absolute Gasteiger partial charge is 0.355 e. The monoisotopic (exact) mass is 329 g/mol. The van der Waals surface area contributed by atoms with E-state index < -0.39 is 5.97 Å². The number of hydrogen-bond donors (Lipinski definition) is 2. The second-order valence-electron chi connectivity index (χ2n) is 5.88. The van der Waals surface area contributed by atoms with Gasteiger partial charge in [-0.15, -0.1) is 0 Å². The number of aryl methyl sites for hydroxylation is 1. The number of fused-ring (bicyclic) bond motifs is 1. The van der Waals surface area contributed by atoms with Gasteiger partial charge in [0.1, 0.15) is 5.71 Å². The Balaban J connectivity index is 1.52. The number of nitrogens with one attached hydrogen (secondary N) is 2. The van der Waals surface area contributed by atoms with Gasteiger partial charge in [0.15, 0.2) is 6.61 Å². The van der Waals surface area contributed by atoms with Crippen molar-refractivity contribution in [3.05, 3.63) is 35.4 Å². The van der Waals surface area contributed by atoms with E-state index in [4.69, 9.17) is 4.74 Å². The van der Waals surface area contributed by atoms with Gasteiger partial charge < -0.3 is 10.1 Å². The number of carbonyl (C=O) groups is 3. The van der Waals surface area contributed by atoms with Gasteiger partial charge in [-0.1, -0.05) is 24.3 Å². The van der Waals surface area contributed by atoms with E-state index >= 15 is 0 Å². The summed E-state index contributed by atoms with van der Waals surface area (Å²) in [4.78, 5) is 34.9. The number of esters is 1. The van der Waals surface area contributed by atoms with Crippen LogP contribution in [-0.2, 0) is 25.5 Å². The predicted octanol–water partition coefficient (Wildman–Crippen LogP) is 0.989. The molecule has 0 spiro atoms. The number of hydrazone groups is 1. The fraction of sp³-hybridized carbons (Fsp3) is 0.412. The Labute approximate surface area is 139 Å². The first kappa shape index (κ1) is 16.2. The van der Waals surface area contributed by atoms with Crippen LogP contribution in [0.4, 0.5) is 0 Å². The quantitative estimate of drug-likeness (QED) is 0.805. The molecule has 3 rings (SSSR count). The van der Waals surface area contributed by atoms with Crippen molar-refractivity contribution in [2.75, 3.05) is 6.61 Å². The molecule has 1 aliphatic heterocycles. The Morgan fingerprint density at radius 2 is 2.08 bits per heavy atom. The second kappa shape index (κ2) is 7.25. The maximum Gasteiger partial charge on any atom is 0.355 e. The minimum Gasteiger partial charge on any atom is -0.451 e. The number of benzene rings is 1. The maximum absolute atomic E-state index is 12.1. The molecule has 1 aromatic rings. The van der Waals surface area contributed by atoms with Crippen LogP contribution in [-0.4, -0.2) is 30.1 Å². The molecule has 2 N–H and O–H groups in total. The molecule has 1 heterocycles. The summed E-state index contributed by atoms with van der Waals surface area (Å²) in [5.74, 6) is -1.25. The van der Waals surface area contributed by atoms with Crippen LogP contribution in [0.3, 0.4) is 0 Å². The largest absolute Gasteiger partial charge is 0.451 e. The summed E-state index contributed by atoms with van der Waals surface area (Å²) in [7, 11) is 0. The minimum atomic E-state index is -0.672. The van der Waals surface area contributed by atoms with Gasteiger partial charge in [0, 0.05) is 12.8 Å². The SMILES string of the molecule is O=C1CCC(C(=O)OCC(=O)N[C@H]2CCCc3ccccc32)=NN1. The number of hydrogen-bond acceptors (Lipinski definition) is 5. The fourth-order valence-electron chi connectivity index (χ4n) is 2.98. The molecule has 24 heavy (non-hydrogen) atoms. The average molecular weight is 329 g/mol. The summed E-state index contributed by atoms with van der Waals surface area (Å²) in [5.41, 5.74) is 4.73. The molecule has 0 unspecified atom stereocenters. The Kier molecular flexibility index (Phi) is 4.88. The maximum atomic E-state index is 12.1. The lowest BCUT2D eigenvalue weighted by Crippen LogP contribution is -2.36. The average Bonchev–Trinajstić information content (AvgIpc) is 2.61. The first-order valence-electron chi connectivity index (χ1n) is 8.03. The first-order chi connectivity index (χ1) is 11.6. The molecule has 7 heteroatoms. The Morgan fingerprint density at radius 1 is 1.25 bits per heavy atom. The van der Waals surface area contributed by atoms with Crippen LogP contribution in [0, 0.1) is 0 Å². The molecule has 2 amide bonds. The molecule has 126 valence electrons. The predicted molar refractivity (Wildman–Crippen MR) is 86.0 cm³/mol. The topological polar surface area (TPSA) is 96.9 Å². The van der Waals surface area contributed by atoms with Gasteiger partial charge in [0.25, 0.3) is 5.91 Å². The van der Waals surface area contributed by atoms with Crippen molar-refractivity contribution in [2.45, 2.75) is 38.1 Å². The standard InChI is InChI=1S/C17H19N3O4/c21-15-9-8-14(19-20-15)17(23)24-10-16(22)18-13-7-3-5-11-4-1-2-6-12(11)13/h1-2,4,6,13H,3,5,7-10H2,(H,18,22)(H,20,21)/t13-/m0/s1. The summed E-state index contributed by atoms with van der Waals surface area (Å²) >= 11 is 0. The van der Waals surface area contributed by atoms with Crippen LogP contribution in [0.1, 0.15) is 42.9 Å². The molecule has 1 aromatic carbocycles. The van der Waals surface area contributed by atoms with E-state index in [1.807, 2.05) is 18.2 Å². The van der Waals surface area contributed by atoms with Gasteiger partial charge in [0.05, 0.1) is 6.04 Å². The molecule has 0 fully saturated rings. The molecular formula is C17H19N3O4. The number of amides is 2. The molecule has 0 aromatic heterocycles. The summed E-state index contributed by atoms with van der Waals surface area (Å²) in [5, 5.41) is 6.56. The highest BCUT2D eigenvalue weighted by Gasteiger charge is 2.23. The van der Waals surface area contributed by atoms with E-state index in [0.717, 1.165) is 24.8 Å². The van der Waals surface area contributed by atoms with Crippen molar-refractivity contribution in [2.24, 2.45) is 5.10 Å². The zero-order valence-corrected chi connectivity index (χ0v) is 13.2. The molecule has 0 bridgehead atoms. The van der Waals surface area contributed by atoms with Crippen LogP contribution in [0.2, 0.25) is 0 Å². The lowest BCUT2D eigenvalue weighted by Gasteiger charge is -2.26. The molecule has 1 aliphatic carbocycles. The van der Waals surface area contributed by atoms with Crippen molar-refractivity contribution in [1.82, 2.24) is 10.7 Å². The molecule has 0 saturated heterocycles. The third-order valence-corrected chi connectivity index (χ3v) is 4.18. The van der Waals surface area contributed by atoms with Crippen LogP contribution in [0.5, 0.6) is 0 Å². The Morgan fingerprint density at radius 3 is 2.88 bits per heavy atom. The van der Waals surface area contributed by atoms with Crippen molar-refractivity contribution < 1.29 is 19.1 Å². The van der Waals surface area contributed by atoms with Crippen LogP contribution in [0.25, 0.3) is 0 Å². The highest BCUT2D eigenvalue weighted by molar-refractivity contribution is 6.37. The summed E-state index contributed by atoms with van der Waals surface area (Å²) in [6.45, 7) is -0.357. The molecule has 2 aliphatic rings. The highest BCUT2D eigenvalue weighted by Crippen LogP contribution is 2.29. The summed E-state index contributed by atoms with van der Waals surface area (Å²) in [6.07, 6.45) is 3.32. The van der Waals surface area contributed by atoms with E-state index in [0.29, 0.717) is 0 Å². The second-order valence-corrected chi connectivity index (χ2v) is 5.88. The lowest BCUT2D eigenvalue weighted by atomic mass is 9.88. The number of rotatable bonds is 4. The number of carbonyl (C=O) groups excluding carboxylic acids is 3. The van der Waals surface area contributed by atoms with Gasteiger partial charge in [-0.2, -0.15) is 5.10 Å². The van der Waals surface area contributed by atoms with E-state index in [2.05, 4.69) is 21.9 Å². The Bertz CT molecular complexity index is 699. The van der Waals surface area contributed by atoms with E-state index in [-0.39, 0.29) is 43.0 Å². The lowest BCUT2D eigenvalue weighted by molar-refractivity contribution is -0.142. The van der Waals surface area contributed by atoms with Gasteiger partial charge in [-0.05, 0) is 30.4 Å². The number of ether oxygens (including phenoxy) is 1. The van der Waals surface area contributed by atoms with Crippen molar-refractivity contribution in [3.8, 4) is 0 Å². The first-order valence-corrected chi connectivity index (χ1v) is 8.03. The molecule has 1 atom stereocenters. The normalized spacial score (nSPS) is 19.6. The number of nitrogens with zero attached hydrogens (tertiary/aromatic N) is 1. The third-order valence-electron chi connectivity index (χ3n) is 4.18. The summed E-state index contributed by atoms with van der Waals surface area (Å²) in [6, 6.07) is 7.99. The molecule has 0 saturated carbocycles. The van der Waals surface area contributed by atoms with E-state index in [9.17, 15) is 14.4 Å². The zero-order chi connectivity index (χ0) is 16.9.